The Hall–Kier alpha value is 1.40. The molecule has 0 N–H and O–H groups in total. The van der Waals surface area contributed by atoms with Gasteiger partial charge in [0.2, 0.25) is 0 Å². The van der Waals surface area contributed by atoms with E-state index in [2.05, 4.69) is 18.6 Å². The normalized spacial score (nSPS) is 10.5. The molecule has 0 atom stereocenters. The number of rotatable bonds is 9. The van der Waals surface area contributed by atoms with Gasteiger partial charge in [0.1, 0.15) is 0 Å². The lowest BCUT2D eigenvalue weighted by atomic mass is 10.1. The third kappa shape index (κ3) is 11.4. The van der Waals surface area contributed by atoms with E-state index in [9.17, 15) is 0 Å². The van der Waals surface area contributed by atoms with Crippen molar-refractivity contribution in [3.63, 3.8) is 0 Å². The summed E-state index contributed by atoms with van der Waals surface area (Å²) in [5, 5.41) is 0. The Bertz CT molecular complexity index is 67.5. The van der Waals surface area contributed by atoms with Crippen molar-refractivity contribution >= 4 is 42.1 Å². The van der Waals surface area contributed by atoms with E-state index in [0.717, 1.165) is 0 Å². The second-order valence-electron chi connectivity index (χ2n) is 2.73. The van der Waals surface area contributed by atoms with E-state index in [-0.39, 0.29) is 0 Å². The maximum Gasteiger partial charge on any atom is 0.00454 e. The second kappa shape index (κ2) is 12.4. The SMILES string of the molecule is CCCCCCCCSSSS. The van der Waals surface area contributed by atoms with Crippen molar-refractivity contribution in [2.45, 2.75) is 45.4 Å². The van der Waals surface area contributed by atoms with Crippen LogP contribution in [0.5, 0.6) is 0 Å². The molecule has 0 aromatic rings. The summed E-state index contributed by atoms with van der Waals surface area (Å²) in [5.74, 6) is 1.28. The molecule has 0 bridgehead atoms. The minimum Gasteiger partial charge on any atom is -0.0989 e. The molecule has 74 valence electrons. The molecule has 12 heavy (non-hydrogen) atoms. The molecule has 0 rings (SSSR count). The molecular weight excluding hydrogens is 224 g/mol. The largest absolute Gasteiger partial charge is 0.0989 e. The molecule has 0 fully saturated rings. The number of thiol groups is 1. The highest BCUT2D eigenvalue weighted by Gasteiger charge is 1.91. The van der Waals surface area contributed by atoms with E-state index in [0.29, 0.717) is 0 Å². The van der Waals surface area contributed by atoms with Gasteiger partial charge in [-0.05, 0) is 26.1 Å². The number of hydrogen-bond acceptors (Lipinski definition) is 4. The first-order chi connectivity index (χ1) is 5.91. The molecule has 0 aliphatic carbocycles. The Balaban J connectivity index is 2.73. The highest BCUT2D eigenvalue weighted by atomic mass is 33.7. The van der Waals surface area contributed by atoms with E-state index in [1.54, 1.807) is 19.7 Å². The molecule has 0 nitrogen and oxygen atoms in total. The van der Waals surface area contributed by atoms with E-state index in [4.69, 9.17) is 0 Å². The van der Waals surface area contributed by atoms with Crippen LogP contribution in [0.2, 0.25) is 0 Å². The molecule has 4 heteroatoms. The first-order valence-corrected chi connectivity index (χ1v) is 9.22. The maximum atomic E-state index is 4.05. The minimum absolute atomic E-state index is 1.28. The summed E-state index contributed by atoms with van der Waals surface area (Å²) in [4.78, 5) is 0. The van der Waals surface area contributed by atoms with Crippen molar-refractivity contribution in [1.82, 2.24) is 0 Å². The van der Waals surface area contributed by atoms with Gasteiger partial charge in [-0.1, -0.05) is 61.5 Å². The monoisotopic (exact) mass is 242 g/mol. The van der Waals surface area contributed by atoms with Gasteiger partial charge in [0, 0.05) is 5.75 Å². The predicted octanol–water partition coefficient (Wildman–Crippen LogP) is 5.22. The fourth-order valence-corrected chi connectivity index (χ4v) is 4.28. The zero-order valence-electron chi connectivity index (χ0n) is 7.62. The highest BCUT2D eigenvalue weighted by molar-refractivity contribution is 9.23. The molecule has 0 radical (unpaired) electrons. The van der Waals surface area contributed by atoms with Gasteiger partial charge < -0.3 is 0 Å². The summed E-state index contributed by atoms with van der Waals surface area (Å²) < 4.78 is 0. The molecule has 0 spiro atoms. The van der Waals surface area contributed by atoms with Crippen LogP contribution in [0.25, 0.3) is 0 Å². The van der Waals surface area contributed by atoms with Crippen molar-refractivity contribution in [1.29, 1.82) is 0 Å². The smallest absolute Gasteiger partial charge is 0.00454 e. The molecule has 0 aliphatic rings. The third-order valence-corrected chi connectivity index (χ3v) is 6.30. The topological polar surface area (TPSA) is 0 Å². The first kappa shape index (κ1) is 13.4. The summed E-state index contributed by atoms with van der Waals surface area (Å²) in [7, 11) is 5.24. The molecular formula is C8H18S4. The summed E-state index contributed by atoms with van der Waals surface area (Å²) in [6, 6.07) is 0. The van der Waals surface area contributed by atoms with Crippen molar-refractivity contribution < 1.29 is 0 Å². The lowest BCUT2D eigenvalue weighted by molar-refractivity contribution is 0.627. The number of unbranched alkanes of at least 4 members (excludes halogenated alkanes) is 5. The molecule has 0 saturated carbocycles. The van der Waals surface area contributed by atoms with Crippen molar-refractivity contribution in [2.24, 2.45) is 0 Å². The van der Waals surface area contributed by atoms with Gasteiger partial charge in [0.25, 0.3) is 0 Å². The molecule has 0 heterocycles. The van der Waals surface area contributed by atoms with Crippen LogP contribution in [0.4, 0.5) is 0 Å². The van der Waals surface area contributed by atoms with Crippen LogP contribution in [0, 0.1) is 0 Å². The number of hydrogen-bond donors (Lipinski definition) is 1. The average Bonchev–Trinajstić information content (AvgIpc) is 2.10. The Morgan fingerprint density at radius 2 is 1.67 bits per heavy atom. The first-order valence-electron chi connectivity index (χ1n) is 4.51. The molecule has 0 aliphatic heterocycles. The third-order valence-electron chi connectivity index (χ3n) is 1.66. The zero-order valence-corrected chi connectivity index (χ0v) is 11.0. The van der Waals surface area contributed by atoms with E-state index in [1.165, 1.54) is 44.3 Å². The Labute approximate surface area is 93.0 Å². The summed E-state index contributed by atoms with van der Waals surface area (Å²) in [6.45, 7) is 2.26. The van der Waals surface area contributed by atoms with Gasteiger partial charge >= 0.3 is 0 Å². The summed E-state index contributed by atoms with van der Waals surface area (Å²) in [6.07, 6.45) is 8.39. The fourth-order valence-electron chi connectivity index (χ4n) is 0.997. The Morgan fingerprint density at radius 1 is 1.00 bits per heavy atom. The summed E-state index contributed by atoms with van der Waals surface area (Å²) in [5.41, 5.74) is 0. The lowest BCUT2D eigenvalue weighted by Crippen LogP contribution is -1.79. The van der Waals surface area contributed by atoms with Gasteiger partial charge in [-0.25, -0.2) is 0 Å². The molecule has 0 aromatic heterocycles. The lowest BCUT2D eigenvalue weighted by Gasteiger charge is -1.99. The Kier molecular flexibility index (Phi) is 13.8. The minimum atomic E-state index is 1.28. The van der Waals surface area contributed by atoms with Crippen LogP contribution in [0.1, 0.15) is 45.4 Å². The van der Waals surface area contributed by atoms with Crippen LogP contribution in [-0.4, -0.2) is 5.75 Å². The van der Waals surface area contributed by atoms with Crippen LogP contribution in [0.3, 0.4) is 0 Å². The predicted molar refractivity (Wildman–Crippen MR) is 70.0 cm³/mol. The van der Waals surface area contributed by atoms with Crippen molar-refractivity contribution in [2.75, 3.05) is 5.75 Å². The van der Waals surface area contributed by atoms with Gasteiger partial charge in [0.15, 0.2) is 0 Å². The zero-order chi connectivity index (χ0) is 9.07. The van der Waals surface area contributed by atoms with Gasteiger partial charge in [-0.15, -0.1) is 0 Å². The van der Waals surface area contributed by atoms with E-state index in [1.807, 2.05) is 10.8 Å². The molecule has 0 unspecified atom stereocenters. The van der Waals surface area contributed by atoms with Crippen LogP contribution >= 0.6 is 42.1 Å². The molecule has 0 amide bonds. The van der Waals surface area contributed by atoms with Gasteiger partial charge in [0.05, 0.1) is 0 Å². The van der Waals surface area contributed by atoms with E-state index < -0.39 is 0 Å². The van der Waals surface area contributed by atoms with Crippen molar-refractivity contribution in [3.05, 3.63) is 0 Å². The van der Waals surface area contributed by atoms with Crippen LogP contribution in [-0.2, 0) is 0 Å². The standard InChI is InChI=1S/C8H18S4/c1-2-3-4-5-6-7-8-10-12-11-9/h9H,2-8H2,1H3. The second-order valence-corrected chi connectivity index (χ2v) is 7.79. The van der Waals surface area contributed by atoms with Gasteiger partial charge in [-0.3, -0.25) is 0 Å². The molecule has 0 saturated heterocycles. The van der Waals surface area contributed by atoms with Crippen LogP contribution < -0.4 is 0 Å². The summed E-state index contributed by atoms with van der Waals surface area (Å²) >= 11 is 4.05. The van der Waals surface area contributed by atoms with Crippen LogP contribution in [0.15, 0.2) is 0 Å². The fraction of sp³-hybridized carbons (Fsp3) is 1.00. The molecule has 0 aromatic carbocycles. The van der Waals surface area contributed by atoms with E-state index >= 15 is 0 Å². The van der Waals surface area contributed by atoms with Crippen molar-refractivity contribution in [3.8, 4) is 0 Å². The Morgan fingerprint density at radius 3 is 2.33 bits per heavy atom. The highest BCUT2D eigenvalue weighted by Crippen LogP contribution is 2.37. The maximum absolute atomic E-state index is 4.05. The average molecular weight is 243 g/mol. The van der Waals surface area contributed by atoms with Gasteiger partial charge in [-0.2, -0.15) is 0 Å². The quantitative estimate of drug-likeness (QED) is 0.335.